The number of hydrogen-bond acceptors (Lipinski definition) is 4. The zero-order valence-corrected chi connectivity index (χ0v) is 19.1. The van der Waals surface area contributed by atoms with E-state index in [1.54, 1.807) is 11.8 Å². The number of piperidine rings is 2. The molecule has 0 aromatic heterocycles. The van der Waals surface area contributed by atoms with Crippen LogP contribution >= 0.6 is 0 Å². The first-order chi connectivity index (χ1) is 16.1. The molecule has 0 radical (unpaired) electrons. The van der Waals surface area contributed by atoms with E-state index < -0.39 is 18.3 Å². The fraction of sp³-hybridized carbons (Fsp3) is 0.542. The molecule has 2 saturated heterocycles. The molecule has 186 valence electrons. The lowest BCUT2D eigenvalue weighted by Crippen LogP contribution is -2.51. The second-order valence-corrected chi connectivity index (χ2v) is 8.67. The van der Waals surface area contributed by atoms with Crippen LogP contribution in [-0.2, 0) is 14.4 Å². The Morgan fingerprint density at radius 1 is 1.00 bits per heavy atom. The van der Waals surface area contributed by atoms with Crippen molar-refractivity contribution in [3.63, 3.8) is 0 Å². The van der Waals surface area contributed by atoms with Crippen molar-refractivity contribution in [3.05, 3.63) is 35.9 Å². The maximum atomic E-state index is 12.7. The molecular weight excluding hydrogens is 451 g/mol. The fourth-order valence-electron chi connectivity index (χ4n) is 4.27. The topological polar surface area (TPSA) is 79.0 Å². The maximum absolute atomic E-state index is 12.7. The Morgan fingerprint density at radius 2 is 1.62 bits per heavy atom. The van der Waals surface area contributed by atoms with Crippen LogP contribution in [0.4, 0.5) is 13.2 Å². The Bertz CT molecular complexity index is 888. The average molecular weight is 482 g/mol. The monoisotopic (exact) mass is 481 g/mol. The summed E-state index contributed by atoms with van der Waals surface area (Å²) in [5, 5.41) is 2.61. The van der Waals surface area contributed by atoms with Crippen molar-refractivity contribution in [1.82, 2.24) is 15.1 Å². The molecule has 7 nitrogen and oxygen atoms in total. The Balaban J connectivity index is 1.43. The van der Waals surface area contributed by atoms with E-state index in [0.717, 1.165) is 38.1 Å². The fourth-order valence-corrected chi connectivity index (χ4v) is 4.27. The number of nitrogens with one attached hydrogen (secondary N) is 1. The highest BCUT2D eigenvalue weighted by atomic mass is 19.4. The largest absolute Gasteiger partial charge is 0.573 e. The van der Waals surface area contributed by atoms with Crippen LogP contribution in [-0.4, -0.2) is 66.1 Å². The Morgan fingerprint density at radius 3 is 2.21 bits per heavy atom. The van der Waals surface area contributed by atoms with Gasteiger partial charge < -0.3 is 19.9 Å². The number of amides is 3. The zero-order chi connectivity index (χ0) is 24.7. The Kier molecular flexibility index (Phi) is 8.57. The third kappa shape index (κ3) is 7.50. The number of nitrogens with zero attached hydrogens (tertiary/aromatic N) is 2. The molecule has 34 heavy (non-hydrogen) atoms. The number of carbonyl (C=O) groups excluding carboxylic acids is 3. The van der Waals surface area contributed by atoms with Crippen molar-refractivity contribution in [2.75, 3.05) is 26.2 Å². The summed E-state index contributed by atoms with van der Waals surface area (Å²) in [5.41, 5.74) is 0.504. The lowest BCUT2D eigenvalue weighted by atomic mass is 9.94. The van der Waals surface area contributed by atoms with Gasteiger partial charge in [0, 0.05) is 38.2 Å². The third-order valence-electron chi connectivity index (χ3n) is 6.09. The maximum Gasteiger partial charge on any atom is 0.573 e. The van der Waals surface area contributed by atoms with E-state index in [2.05, 4.69) is 10.1 Å². The Hall–Kier alpha value is -3.04. The molecule has 1 aromatic rings. The number of carbonyl (C=O) groups is 3. The van der Waals surface area contributed by atoms with Crippen molar-refractivity contribution >= 4 is 23.8 Å². The zero-order valence-electron chi connectivity index (χ0n) is 19.1. The summed E-state index contributed by atoms with van der Waals surface area (Å²) in [7, 11) is 0. The van der Waals surface area contributed by atoms with E-state index in [-0.39, 0.29) is 23.5 Å². The summed E-state index contributed by atoms with van der Waals surface area (Å²) in [4.78, 5) is 41.2. The number of hydrogen-bond donors (Lipinski definition) is 1. The van der Waals surface area contributed by atoms with E-state index in [9.17, 15) is 27.6 Å². The summed E-state index contributed by atoms with van der Waals surface area (Å²) in [6, 6.07) is 4.33. The minimum Gasteiger partial charge on any atom is -0.406 e. The predicted molar refractivity (Wildman–Crippen MR) is 119 cm³/mol. The van der Waals surface area contributed by atoms with Gasteiger partial charge >= 0.3 is 6.36 Å². The standard InChI is InChI=1S/C24H30F3N3O4/c1-17(28-21(31)10-7-18-5-8-20(9-6-18)34-24(25,26)27)22(32)30-15-11-19(12-16-30)23(33)29-13-3-2-4-14-29/h5-10,17,19H,2-4,11-16H2,1H3,(H,28,31)/b10-7+/t17-/m0/s1. The smallest absolute Gasteiger partial charge is 0.406 e. The first-order valence-corrected chi connectivity index (χ1v) is 11.5. The second kappa shape index (κ2) is 11.4. The average Bonchev–Trinajstić information content (AvgIpc) is 2.82. The molecule has 1 N–H and O–H groups in total. The summed E-state index contributed by atoms with van der Waals surface area (Å²) in [6.07, 6.45) is 2.38. The summed E-state index contributed by atoms with van der Waals surface area (Å²) < 4.78 is 40.4. The van der Waals surface area contributed by atoms with E-state index in [4.69, 9.17) is 0 Å². The molecule has 1 atom stereocenters. The molecule has 0 spiro atoms. The van der Waals surface area contributed by atoms with Crippen LogP contribution in [0.3, 0.4) is 0 Å². The van der Waals surface area contributed by atoms with Gasteiger partial charge in [0.05, 0.1) is 0 Å². The lowest BCUT2D eigenvalue weighted by molar-refractivity contribution is -0.274. The van der Waals surface area contributed by atoms with Gasteiger partial charge in [0.15, 0.2) is 0 Å². The van der Waals surface area contributed by atoms with Crippen molar-refractivity contribution in [1.29, 1.82) is 0 Å². The number of halogens is 3. The number of ether oxygens (including phenoxy) is 1. The van der Waals surface area contributed by atoms with Gasteiger partial charge in [-0.25, -0.2) is 0 Å². The van der Waals surface area contributed by atoms with Crippen LogP contribution in [0.1, 0.15) is 44.6 Å². The summed E-state index contributed by atoms with van der Waals surface area (Å²) in [5.74, 6) is -0.917. The van der Waals surface area contributed by atoms with Gasteiger partial charge in [-0.2, -0.15) is 0 Å². The van der Waals surface area contributed by atoms with E-state index in [0.29, 0.717) is 31.5 Å². The highest BCUT2D eigenvalue weighted by molar-refractivity contribution is 5.95. The van der Waals surface area contributed by atoms with Gasteiger partial charge in [-0.05, 0) is 62.8 Å². The van der Waals surface area contributed by atoms with Gasteiger partial charge in [0.25, 0.3) is 0 Å². The number of likely N-dealkylation sites (tertiary alicyclic amines) is 2. The van der Waals surface area contributed by atoms with Crippen molar-refractivity contribution < 1.29 is 32.3 Å². The molecule has 1 aromatic carbocycles. The quantitative estimate of drug-likeness (QED) is 0.632. The number of rotatable bonds is 6. The summed E-state index contributed by atoms with van der Waals surface area (Å²) >= 11 is 0. The van der Waals surface area contributed by atoms with Crippen LogP contribution in [0, 0.1) is 5.92 Å². The van der Waals surface area contributed by atoms with Crippen LogP contribution in [0.2, 0.25) is 0 Å². The molecule has 0 unspecified atom stereocenters. The molecular formula is C24H30F3N3O4. The van der Waals surface area contributed by atoms with Crippen molar-refractivity contribution in [2.45, 2.75) is 51.4 Å². The Labute approximate surface area is 196 Å². The van der Waals surface area contributed by atoms with E-state index in [1.807, 2.05) is 4.90 Å². The highest BCUT2D eigenvalue weighted by Crippen LogP contribution is 2.24. The molecule has 2 aliphatic heterocycles. The molecule has 2 heterocycles. The van der Waals surface area contributed by atoms with Crippen LogP contribution < -0.4 is 10.1 Å². The molecule has 3 rings (SSSR count). The highest BCUT2D eigenvalue weighted by Gasteiger charge is 2.32. The lowest BCUT2D eigenvalue weighted by Gasteiger charge is -2.36. The molecule has 2 fully saturated rings. The number of alkyl halides is 3. The molecule has 2 aliphatic rings. The van der Waals surface area contributed by atoms with Crippen LogP contribution in [0.15, 0.2) is 30.3 Å². The minimum atomic E-state index is -4.77. The molecule has 10 heteroatoms. The third-order valence-corrected chi connectivity index (χ3v) is 6.09. The van der Waals surface area contributed by atoms with Crippen LogP contribution in [0.25, 0.3) is 6.08 Å². The van der Waals surface area contributed by atoms with Gasteiger partial charge in [-0.3, -0.25) is 14.4 Å². The second-order valence-electron chi connectivity index (χ2n) is 8.67. The predicted octanol–water partition coefficient (Wildman–Crippen LogP) is 3.35. The van der Waals surface area contributed by atoms with Gasteiger partial charge in [-0.15, -0.1) is 13.2 Å². The summed E-state index contributed by atoms with van der Waals surface area (Å²) in [6.45, 7) is 4.19. The molecule has 0 saturated carbocycles. The first-order valence-electron chi connectivity index (χ1n) is 11.5. The normalized spacial score (nSPS) is 18.6. The molecule has 0 aliphatic carbocycles. The molecule has 3 amide bonds. The van der Waals surface area contributed by atoms with Crippen molar-refractivity contribution in [2.24, 2.45) is 5.92 Å². The van der Waals surface area contributed by atoms with Gasteiger partial charge in [0.1, 0.15) is 11.8 Å². The molecule has 0 bridgehead atoms. The van der Waals surface area contributed by atoms with E-state index >= 15 is 0 Å². The van der Waals surface area contributed by atoms with Crippen LogP contribution in [0.5, 0.6) is 5.75 Å². The SMILES string of the molecule is C[C@H](NC(=O)/C=C/c1ccc(OC(F)(F)F)cc1)C(=O)N1CCC(C(=O)N2CCCCC2)CC1. The van der Waals surface area contributed by atoms with Gasteiger partial charge in [-0.1, -0.05) is 12.1 Å². The number of benzene rings is 1. The van der Waals surface area contributed by atoms with Gasteiger partial charge in [0.2, 0.25) is 17.7 Å². The van der Waals surface area contributed by atoms with E-state index in [1.165, 1.54) is 30.7 Å². The first kappa shape index (κ1) is 25.6. The van der Waals surface area contributed by atoms with Crippen molar-refractivity contribution in [3.8, 4) is 5.75 Å². The minimum absolute atomic E-state index is 0.0529.